The van der Waals surface area contributed by atoms with E-state index in [2.05, 4.69) is 0 Å². The predicted molar refractivity (Wildman–Crippen MR) is 61.3 cm³/mol. The maximum Gasteiger partial charge on any atom is 1.00 e. The molecule has 1 unspecified atom stereocenters. The number of benzene rings is 1. The summed E-state index contributed by atoms with van der Waals surface area (Å²) in [5.41, 5.74) is 6.27. The van der Waals surface area contributed by atoms with Gasteiger partial charge in [0.25, 0.3) is 0 Å². The second-order valence-corrected chi connectivity index (χ2v) is 5.46. The first-order valence-electron chi connectivity index (χ1n) is 4.42. The van der Waals surface area contributed by atoms with Crippen molar-refractivity contribution >= 4 is 19.2 Å². The minimum Gasteiger partial charge on any atom is -1.00 e. The van der Waals surface area contributed by atoms with Gasteiger partial charge in [-0.3, -0.25) is 4.57 Å². The van der Waals surface area contributed by atoms with Crippen molar-refractivity contribution in [1.82, 2.24) is 0 Å². The van der Waals surface area contributed by atoms with Gasteiger partial charge in [-0.15, -0.1) is 0 Å². The number of halogens is 1. The van der Waals surface area contributed by atoms with E-state index in [0.717, 1.165) is 5.56 Å². The van der Waals surface area contributed by atoms with Gasteiger partial charge >= 0.3 is 37.2 Å². The van der Waals surface area contributed by atoms with Gasteiger partial charge in [0.2, 0.25) is 0 Å². The summed E-state index contributed by atoms with van der Waals surface area (Å²) in [6.07, 6.45) is -0.231. The molecule has 1 aromatic rings. The summed E-state index contributed by atoms with van der Waals surface area (Å²) in [6.45, 7) is 0.201. The molecule has 0 aliphatic carbocycles. The normalized spacial score (nSPS) is 13.0. The smallest absolute Gasteiger partial charge is 1.00 e. The molecule has 0 heterocycles. The van der Waals surface area contributed by atoms with Gasteiger partial charge in [0.1, 0.15) is 0 Å². The van der Waals surface area contributed by atoms with Crippen LogP contribution in [0.5, 0.6) is 0 Å². The summed E-state index contributed by atoms with van der Waals surface area (Å²) in [6, 6.07) is 6.82. The number of nitrogens with two attached hydrogens (primary N) is 1. The van der Waals surface area contributed by atoms with Crippen LogP contribution >= 0.6 is 19.2 Å². The number of hydrogen-bond acceptors (Lipinski definition) is 2. The molecular weight excluding hydrogens is 260 g/mol. The Bertz CT molecular complexity index is 373. The molecule has 4 nitrogen and oxygen atoms in total. The Morgan fingerprint density at radius 1 is 1.38 bits per heavy atom. The molecule has 0 radical (unpaired) electrons. The third kappa shape index (κ3) is 5.80. The molecule has 86 valence electrons. The van der Waals surface area contributed by atoms with Crippen molar-refractivity contribution in [3.8, 4) is 0 Å². The molecule has 0 aromatic heterocycles. The topological polar surface area (TPSA) is 83.6 Å². The quantitative estimate of drug-likeness (QED) is 0.469. The summed E-state index contributed by atoms with van der Waals surface area (Å²) < 4.78 is 10.9. The van der Waals surface area contributed by atoms with E-state index in [-0.39, 0.29) is 49.6 Å². The summed E-state index contributed by atoms with van der Waals surface area (Å²) in [7, 11) is -4.03. The van der Waals surface area contributed by atoms with Crippen LogP contribution in [0.1, 0.15) is 12.9 Å². The van der Waals surface area contributed by atoms with Crippen LogP contribution in [0.3, 0.4) is 0 Å². The predicted octanol–water partition coefficient (Wildman–Crippen LogP) is -1.32. The van der Waals surface area contributed by atoms with Crippen LogP contribution in [0.25, 0.3) is 0 Å². The third-order valence-electron chi connectivity index (χ3n) is 2.08. The largest absolute Gasteiger partial charge is 1.00 e. The zero-order valence-electron chi connectivity index (χ0n) is 10.0. The molecule has 1 aromatic carbocycles. The van der Waals surface area contributed by atoms with Gasteiger partial charge in [-0.1, -0.05) is 23.7 Å². The Morgan fingerprint density at radius 2 is 1.88 bits per heavy atom. The van der Waals surface area contributed by atoms with E-state index in [1.165, 1.54) is 0 Å². The Labute approximate surface area is 123 Å². The fourth-order valence-electron chi connectivity index (χ4n) is 1.34. The maximum atomic E-state index is 10.9. The van der Waals surface area contributed by atoms with E-state index in [1.54, 1.807) is 24.3 Å². The second-order valence-electron chi connectivity index (χ2n) is 3.33. The van der Waals surface area contributed by atoms with Crippen LogP contribution in [0.4, 0.5) is 0 Å². The van der Waals surface area contributed by atoms with Crippen LogP contribution in [-0.4, -0.2) is 22.5 Å². The molecule has 0 spiro atoms. The zero-order chi connectivity index (χ0) is 11.5. The minimum atomic E-state index is -4.03. The number of hydrogen-bond donors (Lipinski definition) is 3. The molecule has 16 heavy (non-hydrogen) atoms. The second kappa shape index (κ2) is 7.14. The Balaban J connectivity index is 0. The average molecular weight is 274 g/mol. The molecule has 0 aliphatic heterocycles. The molecule has 0 amide bonds. The average Bonchev–Trinajstić information content (AvgIpc) is 2.14. The molecule has 0 saturated heterocycles. The van der Waals surface area contributed by atoms with Gasteiger partial charge in [-0.2, -0.15) is 0 Å². The van der Waals surface area contributed by atoms with Gasteiger partial charge in [0.15, 0.2) is 0 Å². The molecule has 4 N–H and O–H groups in total. The van der Waals surface area contributed by atoms with E-state index in [9.17, 15) is 4.57 Å². The van der Waals surface area contributed by atoms with Crippen LogP contribution < -0.4 is 35.3 Å². The van der Waals surface area contributed by atoms with Crippen molar-refractivity contribution < 1.29 is 45.3 Å². The van der Waals surface area contributed by atoms with E-state index < -0.39 is 7.60 Å². The molecule has 0 fully saturated rings. The van der Waals surface area contributed by atoms with Gasteiger partial charge in [0.05, 0.1) is 6.16 Å². The molecule has 0 saturated carbocycles. The van der Waals surface area contributed by atoms with Crippen LogP contribution in [0.2, 0.25) is 5.02 Å². The van der Waals surface area contributed by atoms with Crippen molar-refractivity contribution in [3.05, 3.63) is 34.9 Å². The maximum absolute atomic E-state index is 10.9. The van der Waals surface area contributed by atoms with Crippen LogP contribution in [-0.2, 0) is 4.57 Å². The first-order chi connectivity index (χ1) is 6.92. The summed E-state index contributed by atoms with van der Waals surface area (Å²) in [5, 5.41) is 0.589. The summed E-state index contributed by atoms with van der Waals surface area (Å²) in [5.74, 6) is -0.330. The number of rotatable bonds is 4. The summed E-state index contributed by atoms with van der Waals surface area (Å²) in [4.78, 5) is 17.7. The zero-order valence-corrected chi connectivity index (χ0v) is 12.7. The van der Waals surface area contributed by atoms with Crippen molar-refractivity contribution in [1.29, 1.82) is 0 Å². The molecule has 1 atom stereocenters. The fraction of sp³-hybridized carbons (Fsp3) is 0.333. The first kappa shape index (κ1) is 16.6. The van der Waals surface area contributed by atoms with Gasteiger partial charge in [-0.05, 0) is 24.2 Å². The van der Waals surface area contributed by atoms with E-state index in [4.69, 9.17) is 27.1 Å². The van der Waals surface area contributed by atoms with Gasteiger partial charge in [0, 0.05) is 10.9 Å². The minimum absolute atomic E-state index is 0. The molecule has 1 rings (SSSR count). The Morgan fingerprint density at radius 3 is 2.25 bits per heavy atom. The van der Waals surface area contributed by atoms with E-state index in [1.807, 2.05) is 0 Å². The fourth-order valence-corrected chi connectivity index (χ4v) is 2.40. The monoisotopic (exact) mass is 273 g/mol. The third-order valence-corrected chi connectivity index (χ3v) is 3.25. The molecular formula is C9H14ClNNaO3P. The van der Waals surface area contributed by atoms with Gasteiger partial charge in [-0.25, -0.2) is 0 Å². The van der Waals surface area contributed by atoms with Crippen molar-refractivity contribution in [2.24, 2.45) is 5.73 Å². The van der Waals surface area contributed by atoms with Crippen LogP contribution in [0, 0.1) is 0 Å². The van der Waals surface area contributed by atoms with Crippen molar-refractivity contribution in [3.63, 3.8) is 0 Å². The SMILES string of the molecule is NCC(CP(=O)(O)O)c1ccc(Cl)cc1.[H-].[Na+]. The first-order valence-corrected chi connectivity index (χ1v) is 6.60. The standard InChI is InChI=1S/C9H13ClNO3P.Na.H/c10-9-3-1-7(2-4-9)8(5-11)6-15(12,13)14;;/h1-4,8H,5-6,11H2,(H2,12,13,14);;/q;+1;-1. The Kier molecular flexibility index (Phi) is 7.42. The van der Waals surface area contributed by atoms with Crippen LogP contribution in [0.15, 0.2) is 24.3 Å². The van der Waals surface area contributed by atoms with Crippen molar-refractivity contribution in [2.75, 3.05) is 12.7 Å². The molecule has 0 bridgehead atoms. The molecule has 7 heteroatoms. The Hall–Kier alpha value is 0.620. The van der Waals surface area contributed by atoms with E-state index >= 15 is 0 Å². The van der Waals surface area contributed by atoms with Crippen molar-refractivity contribution in [2.45, 2.75) is 5.92 Å². The molecule has 0 aliphatic rings. The summed E-state index contributed by atoms with van der Waals surface area (Å²) >= 11 is 5.71. The van der Waals surface area contributed by atoms with E-state index in [0.29, 0.717) is 5.02 Å². The van der Waals surface area contributed by atoms with Gasteiger partial charge < -0.3 is 16.9 Å².